The molecule has 0 atom stereocenters. The average molecular weight is 390 g/mol. The van der Waals surface area contributed by atoms with Crippen LogP contribution in [0, 0.1) is 10.1 Å². The molecule has 8 nitrogen and oxygen atoms in total. The molecule has 0 heterocycles. The summed E-state index contributed by atoms with van der Waals surface area (Å²) in [7, 11) is -3.90. The molecule has 0 radical (unpaired) electrons. The van der Waals surface area contributed by atoms with Crippen molar-refractivity contribution < 1.29 is 13.3 Å². The van der Waals surface area contributed by atoms with E-state index in [1.165, 1.54) is 16.4 Å². The lowest BCUT2D eigenvalue weighted by molar-refractivity contribution is -0.385. The highest BCUT2D eigenvalue weighted by Crippen LogP contribution is 2.29. The second-order valence-electron chi connectivity index (χ2n) is 5.70. The molecular weight excluding hydrogens is 368 g/mol. The first-order chi connectivity index (χ1) is 12.8. The van der Waals surface area contributed by atoms with Crippen molar-refractivity contribution in [1.29, 1.82) is 0 Å². The molecule has 0 fully saturated rings. The first-order valence-electron chi connectivity index (χ1n) is 8.45. The van der Waals surface area contributed by atoms with E-state index in [9.17, 15) is 18.5 Å². The number of nitrogens with one attached hydrogen (secondary N) is 1. The summed E-state index contributed by atoms with van der Waals surface area (Å²) in [5, 5.41) is 15.3. The maximum atomic E-state index is 12.9. The Kier molecular flexibility index (Phi) is 6.65. The van der Waals surface area contributed by atoms with Gasteiger partial charge in [0.25, 0.3) is 5.69 Å². The van der Waals surface area contributed by atoms with Crippen molar-refractivity contribution in [3.05, 3.63) is 64.2 Å². The fourth-order valence-electron chi connectivity index (χ4n) is 2.52. The minimum atomic E-state index is -3.90. The van der Waals surface area contributed by atoms with Crippen LogP contribution in [0.5, 0.6) is 0 Å². The highest BCUT2D eigenvalue weighted by molar-refractivity contribution is 7.89. The number of rotatable bonds is 8. The standard InChI is InChI=1S/C18H22N4O4S/c1-4-21(5-2)27(25,26)18-13-16(22(23)24)11-12-17(18)20-19-14(3)15-9-7-6-8-10-15/h6-13,20H,4-5H2,1-3H3/b19-14+. The zero-order valence-corrected chi connectivity index (χ0v) is 16.2. The van der Waals surface area contributed by atoms with Crippen molar-refractivity contribution in [3.63, 3.8) is 0 Å². The molecule has 2 aromatic rings. The Morgan fingerprint density at radius 3 is 2.33 bits per heavy atom. The van der Waals surface area contributed by atoms with Crippen molar-refractivity contribution in [3.8, 4) is 0 Å². The van der Waals surface area contributed by atoms with Crippen LogP contribution in [0.3, 0.4) is 0 Å². The Bertz CT molecular complexity index is 939. The fraction of sp³-hybridized carbons (Fsp3) is 0.278. The monoisotopic (exact) mass is 390 g/mol. The maximum absolute atomic E-state index is 12.9. The third-order valence-electron chi connectivity index (χ3n) is 4.03. The van der Waals surface area contributed by atoms with Crippen LogP contribution in [0.15, 0.2) is 58.5 Å². The molecule has 0 aliphatic rings. The van der Waals surface area contributed by atoms with Crippen LogP contribution in [0.4, 0.5) is 11.4 Å². The molecule has 1 N–H and O–H groups in total. The van der Waals surface area contributed by atoms with Gasteiger partial charge in [-0.05, 0) is 18.6 Å². The smallest absolute Gasteiger partial charge is 0.270 e. The molecule has 0 bridgehead atoms. The van der Waals surface area contributed by atoms with Crippen LogP contribution < -0.4 is 5.43 Å². The van der Waals surface area contributed by atoms with Crippen LogP contribution >= 0.6 is 0 Å². The van der Waals surface area contributed by atoms with Gasteiger partial charge < -0.3 is 0 Å². The molecule has 0 aromatic heterocycles. The Balaban J connectivity index is 2.49. The van der Waals surface area contributed by atoms with Gasteiger partial charge >= 0.3 is 0 Å². The lowest BCUT2D eigenvalue weighted by atomic mass is 10.1. The van der Waals surface area contributed by atoms with Crippen molar-refractivity contribution in [1.82, 2.24) is 4.31 Å². The van der Waals surface area contributed by atoms with E-state index in [-0.39, 0.29) is 29.4 Å². The second-order valence-corrected chi connectivity index (χ2v) is 7.61. The predicted octanol–water partition coefficient (Wildman–Crippen LogP) is 3.46. The van der Waals surface area contributed by atoms with E-state index < -0.39 is 14.9 Å². The van der Waals surface area contributed by atoms with Gasteiger partial charge in [-0.15, -0.1) is 0 Å². The highest BCUT2D eigenvalue weighted by Gasteiger charge is 2.27. The van der Waals surface area contributed by atoms with E-state index in [0.29, 0.717) is 5.71 Å². The lowest BCUT2D eigenvalue weighted by Crippen LogP contribution is -2.31. The zero-order valence-electron chi connectivity index (χ0n) is 15.4. The number of nitrogens with zero attached hydrogens (tertiary/aromatic N) is 3. The fourth-order valence-corrected chi connectivity index (χ4v) is 4.14. The molecule has 144 valence electrons. The molecule has 0 saturated carbocycles. The molecule has 0 saturated heterocycles. The van der Waals surface area contributed by atoms with E-state index in [4.69, 9.17) is 0 Å². The van der Waals surface area contributed by atoms with Crippen molar-refractivity contribution >= 4 is 27.1 Å². The molecule has 0 unspecified atom stereocenters. The summed E-state index contributed by atoms with van der Waals surface area (Å²) in [5.74, 6) is 0. The van der Waals surface area contributed by atoms with Gasteiger partial charge in [0.15, 0.2) is 0 Å². The van der Waals surface area contributed by atoms with Gasteiger partial charge in [0.1, 0.15) is 4.90 Å². The predicted molar refractivity (Wildman–Crippen MR) is 105 cm³/mol. The largest absolute Gasteiger partial charge is 0.277 e. The van der Waals surface area contributed by atoms with Crippen molar-refractivity contribution in [2.24, 2.45) is 5.10 Å². The molecule has 27 heavy (non-hydrogen) atoms. The minimum absolute atomic E-state index is 0.176. The van der Waals surface area contributed by atoms with Crippen LogP contribution in [-0.4, -0.2) is 36.4 Å². The third-order valence-corrected chi connectivity index (χ3v) is 6.12. The molecule has 0 aliphatic carbocycles. The number of nitro benzene ring substituents is 1. The number of hydrogen-bond acceptors (Lipinski definition) is 6. The molecule has 0 aliphatic heterocycles. The molecule has 0 amide bonds. The number of hydrogen-bond donors (Lipinski definition) is 1. The van der Waals surface area contributed by atoms with Gasteiger partial charge in [-0.1, -0.05) is 44.2 Å². The van der Waals surface area contributed by atoms with Crippen LogP contribution in [-0.2, 0) is 10.0 Å². The zero-order chi connectivity index (χ0) is 20.0. The van der Waals surface area contributed by atoms with Gasteiger partial charge in [-0.3, -0.25) is 15.5 Å². The number of non-ortho nitro benzene ring substituents is 1. The van der Waals surface area contributed by atoms with Gasteiger partial charge in [0, 0.05) is 25.2 Å². The lowest BCUT2D eigenvalue weighted by Gasteiger charge is -2.20. The molecule has 2 aromatic carbocycles. The highest BCUT2D eigenvalue weighted by atomic mass is 32.2. The van der Waals surface area contributed by atoms with E-state index in [1.54, 1.807) is 20.8 Å². The Morgan fingerprint density at radius 1 is 1.15 bits per heavy atom. The molecular formula is C18H22N4O4S. The quantitative estimate of drug-likeness (QED) is 0.422. The van der Waals surface area contributed by atoms with Gasteiger partial charge in [0.05, 0.1) is 16.3 Å². The van der Waals surface area contributed by atoms with E-state index in [0.717, 1.165) is 11.6 Å². The second kappa shape index (κ2) is 8.74. The summed E-state index contributed by atoms with van der Waals surface area (Å²) in [6, 6.07) is 13.0. The minimum Gasteiger partial charge on any atom is -0.277 e. The maximum Gasteiger partial charge on any atom is 0.270 e. The molecule has 9 heteroatoms. The normalized spacial score (nSPS) is 12.2. The number of benzene rings is 2. The van der Waals surface area contributed by atoms with Gasteiger partial charge in [-0.2, -0.15) is 9.41 Å². The average Bonchev–Trinajstić information content (AvgIpc) is 2.67. The number of sulfonamides is 1. The Hall–Kier alpha value is -2.78. The summed E-state index contributed by atoms with van der Waals surface area (Å²) in [4.78, 5) is 10.3. The SMILES string of the molecule is CCN(CC)S(=O)(=O)c1cc([N+](=O)[O-])ccc1N/N=C(\C)c1ccccc1. The van der Waals surface area contributed by atoms with Gasteiger partial charge in [0.2, 0.25) is 10.0 Å². The summed E-state index contributed by atoms with van der Waals surface area (Å²) in [6.07, 6.45) is 0. The first kappa shape index (κ1) is 20.5. The molecule has 0 spiro atoms. The van der Waals surface area contributed by atoms with Crippen LogP contribution in [0.1, 0.15) is 26.3 Å². The van der Waals surface area contributed by atoms with E-state index in [1.807, 2.05) is 30.3 Å². The summed E-state index contributed by atoms with van der Waals surface area (Å²) >= 11 is 0. The third kappa shape index (κ3) is 4.69. The summed E-state index contributed by atoms with van der Waals surface area (Å²) in [5.41, 5.74) is 4.16. The van der Waals surface area contributed by atoms with Crippen LogP contribution in [0.2, 0.25) is 0 Å². The summed E-state index contributed by atoms with van der Waals surface area (Å²) < 4.78 is 27.1. The first-order valence-corrected chi connectivity index (χ1v) is 9.89. The van der Waals surface area contributed by atoms with E-state index >= 15 is 0 Å². The van der Waals surface area contributed by atoms with Crippen LogP contribution in [0.25, 0.3) is 0 Å². The number of hydrazone groups is 1. The topological polar surface area (TPSA) is 105 Å². The summed E-state index contributed by atoms with van der Waals surface area (Å²) in [6.45, 7) is 5.72. The van der Waals surface area contributed by atoms with Crippen molar-refractivity contribution in [2.75, 3.05) is 18.5 Å². The number of anilines is 1. The van der Waals surface area contributed by atoms with Gasteiger partial charge in [-0.25, -0.2) is 8.42 Å². The van der Waals surface area contributed by atoms with Crippen molar-refractivity contribution in [2.45, 2.75) is 25.7 Å². The Morgan fingerprint density at radius 2 is 1.78 bits per heavy atom. The van der Waals surface area contributed by atoms with E-state index in [2.05, 4.69) is 10.5 Å². The molecule has 2 rings (SSSR count). The number of nitro groups is 1. The Labute approximate surface area is 158 Å².